The fourth-order valence-electron chi connectivity index (χ4n) is 1.72. The van der Waals surface area contributed by atoms with Crippen molar-refractivity contribution in [1.82, 2.24) is 10.2 Å². The Morgan fingerprint density at radius 3 is 2.95 bits per heavy atom. The van der Waals surface area contributed by atoms with Crippen LogP contribution in [0.25, 0.3) is 10.9 Å². The molecule has 1 heterocycles. The Kier molecular flexibility index (Phi) is 3.61. The van der Waals surface area contributed by atoms with E-state index in [0.29, 0.717) is 11.6 Å². The van der Waals surface area contributed by atoms with Crippen molar-refractivity contribution in [2.45, 2.75) is 6.92 Å². The minimum absolute atomic E-state index is 0.343. The van der Waals surface area contributed by atoms with Crippen molar-refractivity contribution in [3.63, 3.8) is 0 Å². The number of nitrogens with two attached hydrogens (primary N) is 1. The molecule has 0 aliphatic heterocycles. The summed E-state index contributed by atoms with van der Waals surface area (Å²) in [6, 6.07) is 3.89. The van der Waals surface area contributed by atoms with Crippen LogP contribution in [0.3, 0.4) is 0 Å². The minimum atomic E-state index is 0.343. The number of rotatable bonds is 3. The first-order chi connectivity index (χ1) is 9.19. The molecule has 0 saturated heterocycles. The van der Waals surface area contributed by atoms with Gasteiger partial charge < -0.3 is 10.5 Å². The lowest BCUT2D eigenvalue weighted by molar-refractivity contribution is 0.313. The first-order valence-electron chi connectivity index (χ1n) is 5.65. The molecule has 0 radical (unpaired) electrons. The van der Waals surface area contributed by atoms with Crippen molar-refractivity contribution < 1.29 is 4.74 Å². The van der Waals surface area contributed by atoms with E-state index in [0.717, 1.165) is 22.2 Å². The molecule has 0 atom stereocenters. The number of hydrogen-bond acceptors (Lipinski definition) is 4. The number of aliphatic imine (C=N–C) groups is 2. The average molecular weight is 257 g/mol. The van der Waals surface area contributed by atoms with Gasteiger partial charge in [-0.05, 0) is 31.3 Å². The number of aryl methyl sites for hydroxylation is 1. The predicted octanol–water partition coefficient (Wildman–Crippen LogP) is 2.05. The highest BCUT2D eigenvalue weighted by molar-refractivity contribution is 6.01. The first kappa shape index (κ1) is 12.8. The third kappa shape index (κ3) is 2.47. The summed E-state index contributed by atoms with van der Waals surface area (Å²) in [7, 11) is 1.51. The SMILES string of the molecule is C=NC(=Nc1cc2cn[nH]c2cc1C)C(=CN)OC. The fourth-order valence-corrected chi connectivity index (χ4v) is 1.72. The Hall–Kier alpha value is -2.63. The standard InChI is InChI=1S/C13H15N5O/c1-8-4-11-9(7-16-18-11)5-10(8)17-13(15-2)12(6-14)19-3/h4-7H,2,14H2,1,3H3,(H,16,18). The highest BCUT2D eigenvalue weighted by Gasteiger charge is 2.07. The van der Waals surface area contributed by atoms with Crippen molar-refractivity contribution in [2.75, 3.05) is 7.11 Å². The van der Waals surface area contributed by atoms with Gasteiger partial charge in [0.2, 0.25) is 0 Å². The third-order valence-electron chi connectivity index (χ3n) is 2.72. The molecule has 2 rings (SSSR count). The Balaban J connectivity index is 2.53. The Labute approximate surface area is 110 Å². The lowest BCUT2D eigenvalue weighted by atomic mass is 10.1. The zero-order chi connectivity index (χ0) is 13.8. The van der Waals surface area contributed by atoms with E-state index in [1.807, 2.05) is 19.1 Å². The smallest absolute Gasteiger partial charge is 0.196 e. The van der Waals surface area contributed by atoms with Gasteiger partial charge in [0.1, 0.15) is 0 Å². The first-order valence-corrected chi connectivity index (χ1v) is 5.65. The summed E-state index contributed by atoms with van der Waals surface area (Å²) in [6.45, 7) is 5.44. The lowest BCUT2D eigenvalue weighted by Gasteiger charge is -2.06. The maximum Gasteiger partial charge on any atom is 0.196 e. The Morgan fingerprint density at radius 2 is 2.32 bits per heavy atom. The molecular weight excluding hydrogens is 242 g/mol. The van der Waals surface area contributed by atoms with Crippen LogP contribution in [0.4, 0.5) is 5.69 Å². The van der Waals surface area contributed by atoms with Crippen LogP contribution < -0.4 is 5.73 Å². The van der Waals surface area contributed by atoms with E-state index in [2.05, 4.69) is 26.9 Å². The molecule has 1 aromatic carbocycles. The normalized spacial score (nSPS) is 12.7. The number of ether oxygens (including phenoxy) is 1. The van der Waals surface area contributed by atoms with Gasteiger partial charge in [0.25, 0.3) is 0 Å². The number of hydrogen-bond donors (Lipinski definition) is 2. The summed E-state index contributed by atoms with van der Waals surface area (Å²) in [6.07, 6.45) is 3.05. The number of aromatic nitrogens is 2. The third-order valence-corrected chi connectivity index (χ3v) is 2.72. The molecule has 3 N–H and O–H groups in total. The summed E-state index contributed by atoms with van der Waals surface area (Å²) < 4.78 is 5.09. The minimum Gasteiger partial charge on any atom is -0.491 e. The van der Waals surface area contributed by atoms with Crippen molar-refractivity contribution in [1.29, 1.82) is 0 Å². The summed E-state index contributed by atoms with van der Waals surface area (Å²) in [5.41, 5.74) is 8.18. The van der Waals surface area contributed by atoms with Gasteiger partial charge in [-0.2, -0.15) is 5.10 Å². The summed E-state index contributed by atoms with van der Waals surface area (Å²) in [5, 5.41) is 7.87. The largest absolute Gasteiger partial charge is 0.491 e. The Morgan fingerprint density at radius 1 is 1.53 bits per heavy atom. The zero-order valence-electron chi connectivity index (χ0n) is 10.8. The fraction of sp³-hybridized carbons (Fsp3) is 0.154. The summed E-state index contributed by atoms with van der Waals surface area (Å²) in [5.74, 6) is 0.720. The molecule has 0 aliphatic carbocycles. The van der Waals surface area contributed by atoms with Crippen LogP contribution in [0.15, 0.2) is 40.3 Å². The van der Waals surface area contributed by atoms with E-state index in [-0.39, 0.29) is 0 Å². The van der Waals surface area contributed by atoms with Crippen molar-refractivity contribution in [2.24, 2.45) is 15.7 Å². The van der Waals surface area contributed by atoms with E-state index in [4.69, 9.17) is 10.5 Å². The molecule has 6 heteroatoms. The van der Waals surface area contributed by atoms with E-state index in [1.54, 1.807) is 6.20 Å². The molecular formula is C13H15N5O. The monoisotopic (exact) mass is 257 g/mol. The molecule has 0 amide bonds. The summed E-state index contributed by atoms with van der Waals surface area (Å²) in [4.78, 5) is 8.26. The number of methoxy groups -OCH3 is 1. The van der Waals surface area contributed by atoms with Gasteiger partial charge in [-0.25, -0.2) is 9.98 Å². The van der Waals surface area contributed by atoms with Crippen LogP contribution in [0.2, 0.25) is 0 Å². The molecule has 2 aromatic rings. The van der Waals surface area contributed by atoms with E-state index >= 15 is 0 Å². The van der Waals surface area contributed by atoms with Gasteiger partial charge in [-0.3, -0.25) is 5.10 Å². The average Bonchev–Trinajstić information content (AvgIpc) is 2.85. The number of nitrogens with one attached hydrogen (secondary N) is 1. The molecule has 0 unspecified atom stereocenters. The molecule has 98 valence electrons. The molecule has 0 spiro atoms. The van der Waals surface area contributed by atoms with Gasteiger partial charge in [0.05, 0.1) is 24.5 Å². The maximum absolute atomic E-state index is 5.45. The van der Waals surface area contributed by atoms with Gasteiger partial charge in [0.15, 0.2) is 11.6 Å². The highest BCUT2D eigenvalue weighted by Crippen LogP contribution is 2.25. The number of fused-ring (bicyclic) bond motifs is 1. The molecule has 1 aromatic heterocycles. The Bertz CT molecular complexity index is 669. The van der Waals surface area contributed by atoms with Gasteiger partial charge in [-0.15, -0.1) is 0 Å². The summed E-state index contributed by atoms with van der Waals surface area (Å²) >= 11 is 0. The number of aromatic amines is 1. The topological polar surface area (TPSA) is 88.7 Å². The molecule has 0 aliphatic rings. The predicted molar refractivity (Wildman–Crippen MR) is 76.8 cm³/mol. The van der Waals surface area contributed by atoms with Gasteiger partial charge >= 0.3 is 0 Å². The quantitative estimate of drug-likeness (QED) is 0.501. The van der Waals surface area contributed by atoms with E-state index in [1.165, 1.54) is 13.3 Å². The molecule has 0 fully saturated rings. The van der Waals surface area contributed by atoms with Crippen molar-refractivity contribution >= 4 is 29.1 Å². The van der Waals surface area contributed by atoms with Crippen molar-refractivity contribution in [3.05, 3.63) is 35.9 Å². The number of amidine groups is 1. The van der Waals surface area contributed by atoms with E-state index in [9.17, 15) is 0 Å². The molecule has 0 saturated carbocycles. The van der Waals surface area contributed by atoms with Gasteiger partial charge in [-0.1, -0.05) is 0 Å². The van der Waals surface area contributed by atoms with Crippen LogP contribution in [-0.2, 0) is 4.74 Å². The van der Waals surface area contributed by atoms with Crippen LogP contribution >= 0.6 is 0 Å². The molecule has 19 heavy (non-hydrogen) atoms. The number of H-pyrrole nitrogens is 1. The molecule has 0 bridgehead atoms. The number of nitrogens with zero attached hydrogens (tertiary/aromatic N) is 3. The number of benzene rings is 1. The zero-order valence-corrected chi connectivity index (χ0v) is 10.8. The van der Waals surface area contributed by atoms with Gasteiger partial charge in [0, 0.05) is 11.6 Å². The highest BCUT2D eigenvalue weighted by atomic mass is 16.5. The van der Waals surface area contributed by atoms with Crippen LogP contribution in [0.1, 0.15) is 5.56 Å². The second-order valence-corrected chi connectivity index (χ2v) is 3.92. The van der Waals surface area contributed by atoms with E-state index < -0.39 is 0 Å². The van der Waals surface area contributed by atoms with Crippen LogP contribution in [0, 0.1) is 6.92 Å². The second kappa shape index (κ2) is 5.34. The van der Waals surface area contributed by atoms with Crippen LogP contribution in [-0.4, -0.2) is 29.9 Å². The lowest BCUT2D eigenvalue weighted by Crippen LogP contribution is -2.04. The van der Waals surface area contributed by atoms with Crippen LogP contribution in [0.5, 0.6) is 0 Å². The van der Waals surface area contributed by atoms with Crippen molar-refractivity contribution in [3.8, 4) is 0 Å². The molecule has 6 nitrogen and oxygen atoms in total. The maximum atomic E-state index is 5.45. The second-order valence-electron chi connectivity index (χ2n) is 3.92.